The van der Waals surface area contributed by atoms with E-state index in [1.54, 1.807) is 0 Å². The van der Waals surface area contributed by atoms with E-state index < -0.39 is 10.8 Å². The number of hydrogen-bond acceptors (Lipinski definition) is 2. The zero-order chi connectivity index (χ0) is 13.5. The Morgan fingerprint density at radius 2 is 1.95 bits per heavy atom. The lowest BCUT2D eigenvalue weighted by molar-refractivity contribution is 0.579. The van der Waals surface area contributed by atoms with Gasteiger partial charge >= 0.3 is 0 Å². The van der Waals surface area contributed by atoms with Gasteiger partial charge in [0.25, 0.3) is 0 Å². The highest BCUT2D eigenvalue weighted by Crippen LogP contribution is 2.26. The van der Waals surface area contributed by atoms with Gasteiger partial charge in [0.1, 0.15) is 0 Å². The van der Waals surface area contributed by atoms with Crippen LogP contribution in [0.2, 0.25) is 0 Å². The molecule has 0 heterocycles. The standard InChI is InChI=1S/C16H25NOS/c1-2-17-16(15-10-4-3-5-11-15)13-19(18)12-14-8-6-7-9-14/h3-5,10-11,14,16-17H,2,6-9,12-13H2,1H3. The molecule has 2 atom stereocenters. The van der Waals surface area contributed by atoms with E-state index in [0.29, 0.717) is 5.92 Å². The summed E-state index contributed by atoms with van der Waals surface area (Å²) in [5.41, 5.74) is 1.25. The van der Waals surface area contributed by atoms with Crippen LogP contribution in [0.25, 0.3) is 0 Å². The molecule has 1 N–H and O–H groups in total. The van der Waals surface area contributed by atoms with Crippen LogP contribution in [0.3, 0.4) is 0 Å². The number of rotatable bonds is 7. The molecule has 2 rings (SSSR count). The van der Waals surface area contributed by atoms with Crippen molar-refractivity contribution in [3.05, 3.63) is 35.9 Å². The fourth-order valence-corrected chi connectivity index (χ4v) is 4.58. The van der Waals surface area contributed by atoms with Gasteiger partial charge in [-0.3, -0.25) is 4.21 Å². The van der Waals surface area contributed by atoms with E-state index in [-0.39, 0.29) is 6.04 Å². The first-order chi connectivity index (χ1) is 9.29. The molecule has 0 saturated heterocycles. The first kappa shape index (κ1) is 14.7. The average Bonchev–Trinajstić information content (AvgIpc) is 2.92. The van der Waals surface area contributed by atoms with Crippen molar-refractivity contribution in [1.29, 1.82) is 0 Å². The van der Waals surface area contributed by atoms with E-state index in [1.807, 2.05) is 6.07 Å². The summed E-state index contributed by atoms with van der Waals surface area (Å²) in [6, 6.07) is 10.6. The van der Waals surface area contributed by atoms with Crippen molar-refractivity contribution in [2.24, 2.45) is 5.92 Å². The molecule has 106 valence electrons. The Hall–Kier alpha value is -0.670. The van der Waals surface area contributed by atoms with Crippen LogP contribution in [0, 0.1) is 5.92 Å². The summed E-state index contributed by atoms with van der Waals surface area (Å²) in [5, 5.41) is 3.46. The highest BCUT2D eigenvalue weighted by molar-refractivity contribution is 7.85. The van der Waals surface area contributed by atoms with Crippen LogP contribution in [-0.2, 0) is 10.8 Å². The molecule has 2 unspecified atom stereocenters. The third kappa shape index (κ3) is 4.73. The molecule has 1 aromatic carbocycles. The van der Waals surface area contributed by atoms with Gasteiger partial charge in [-0.1, -0.05) is 50.1 Å². The Bertz CT molecular complexity index is 387. The monoisotopic (exact) mass is 279 g/mol. The van der Waals surface area contributed by atoms with Crippen molar-refractivity contribution in [3.8, 4) is 0 Å². The Balaban J connectivity index is 1.90. The van der Waals surface area contributed by atoms with Gasteiger partial charge in [-0.2, -0.15) is 0 Å². The van der Waals surface area contributed by atoms with Gasteiger partial charge < -0.3 is 5.32 Å². The van der Waals surface area contributed by atoms with E-state index in [4.69, 9.17) is 0 Å². The smallest absolute Gasteiger partial charge is 0.0436 e. The summed E-state index contributed by atoms with van der Waals surface area (Å²) in [6.07, 6.45) is 5.22. The minimum Gasteiger partial charge on any atom is -0.309 e. The van der Waals surface area contributed by atoms with Gasteiger partial charge in [0.15, 0.2) is 0 Å². The summed E-state index contributed by atoms with van der Waals surface area (Å²) in [6.45, 7) is 3.02. The zero-order valence-electron chi connectivity index (χ0n) is 11.8. The van der Waals surface area contributed by atoms with Crippen LogP contribution in [0.5, 0.6) is 0 Å². The average molecular weight is 279 g/mol. The van der Waals surface area contributed by atoms with Gasteiger partial charge in [0, 0.05) is 28.3 Å². The van der Waals surface area contributed by atoms with Gasteiger partial charge in [0.2, 0.25) is 0 Å². The quantitative estimate of drug-likeness (QED) is 0.830. The largest absolute Gasteiger partial charge is 0.309 e. The molecule has 0 aromatic heterocycles. The molecule has 1 fully saturated rings. The molecule has 0 amide bonds. The fraction of sp³-hybridized carbons (Fsp3) is 0.625. The molecule has 2 nitrogen and oxygen atoms in total. The lowest BCUT2D eigenvalue weighted by atomic mass is 10.1. The van der Waals surface area contributed by atoms with Gasteiger partial charge in [-0.15, -0.1) is 0 Å². The summed E-state index contributed by atoms with van der Waals surface area (Å²) >= 11 is 0. The fourth-order valence-electron chi connectivity index (χ4n) is 2.90. The number of nitrogens with one attached hydrogen (secondary N) is 1. The second kappa shape index (κ2) is 7.81. The SMILES string of the molecule is CCNC(CS(=O)CC1CCCC1)c1ccccc1. The molecule has 1 aliphatic carbocycles. The Morgan fingerprint density at radius 3 is 2.58 bits per heavy atom. The molecule has 0 radical (unpaired) electrons. The molecule has 0 bridgehead atoms. The number of hydrogen-bond donors (Lipinski definition) is 1. The predicted molar refractivity (Wildman–Crippen MR) is 82.7 cm³/mol. The van der Waals surface area contributed by atoms with Gasteiger partial charge in [-0.05, 0) is 30.9 Å². The molecule has 0 aliphatic heterocycles. The van der Waals surface area contributed by atoms with Crippen molar-refractivity contribution in [2.45, 2.75) is 38.6 Å². The van der Waals surface area contributed by atoms with E-state index in [2.05, 4.69) is 36.5 Å². The van der Waals surface area contributed by atoms with E-state index in [0.717, 1.165) is 18.1 Å². The van der Waals surface area contributed by atoms with Crippen molar-refractivity contribution in [3.63, 3.8) is 0 Å². The van der Waals surface area contributed by atoms with Gasteiger partial charge in [0.05, 0.1) is 0 Å². The number of benzene rings is 1. The summed E-state index contributed by atoms with van der Waals surface area (Å²) in [4.78, 5) is 0. The Morgan fingerprint density at radius 1 is 1.26 bits per heavy atom. The lowest BCUT2D eigenvalue weighted by Crippen LogP contribution is -2.27. The van der Waals surface area contributed by atoms with Gasteiger partial charge in [-0.25, -0.2) is 0 Å². The topological polar surface area (TPSA) is 29.1 Å². The second-order valence-corrected chi connectivity index (χ2v) is 6.99. The summed E-state index contributed by atoms with van der Waals surface area (Å²) < 4.78 is 12.3. The zero-order valence-corrected chi connectivity index (χ0v) is 12.6. The summed E-state index contributed by atoms with van der Waals surface area (Å²) in [7, 11) is -0.704. The third-order valence-electron chi connectivity index (χ3n) is 3.90. The van der Waals surface area contributed by atoms with Crippen molar-refractivity contribution < 1.29 is 4.21 Å². The summed E-state index contributed by atoms with van der Waals surface area (Å²) in [5.74, 6) is 2.35. The molecular formula is C16H25NOS. The first-order valence-corrected chi connectivity index (χ1v) is 8.91. The van der Waals surface area contributed by atoms with Crippen molar-refractivity contribution in [1.82, 2.24) is 5.32 Å². The second-order valence-electron chi connectivity index (χ2n) is 5.44. The first-order valence-electron chi connectivity index (χ1n) is 7.43. The van der Waals surface area contributed by atoms with Crippen LogP contribution in [-0.4, -0.2) is 22.3 Å². The Kier molecular flexibility index (Phi) is 6.05. The van der Waals surface area contributed by atoms with E-state index >= 15 is 0 Å². The molecule has 1 aliphatic rings. The predicted octanol–water partition coefficient (Wildman–Crippen LogP) is 3.28. The van der Waals surface area contributed by atoms with E-state index in [1.165, 1.54) is 31.2 Å². The van der Waals surface area contributed by atoms with Crippen LogP contribution in [0.15, 0.2) is 30.3 Å². The van der Waals surface area contributed by atoms with Crippen LogP contribution in [0.1, 0.15) is 44.2 Å². The maximum atomic E-state index is 12.3. The minimum absolute atomic E-state index is 0.230. The van der Waals surface area contributed by atoms with Crippen molar-refractivity contribution in [2.75, 3.05) is 18.1 Å². The van der Waals surface area contributed by atoms with Crippen LogP contribution < -0.4 is 5.32 Å². The molecular weight excluding hydrogens is 254 g/mol. The lowest BCUT2D eigenvalue weighted by Gasteiger charge is -2.19. The molecule has 3 heteroatoms. The maximum Gasteiger partial charge on any atom is 0.0436 e. The highest BCUT2D eigenvalue weighted by atomic mass is 32.2. The van der Waals surface area contributed by atoms with Crippen LogP contribution >= 0.6 is 0 Å². The third-order valence-corrected chi connectivity index (χ3v) is 5.45. The van der Waals surface area contributed by atoms with E-state index in [9.17, 15) is 4.21 Å². The minimum atomic E-state index is -0.704. The maximum absolute atomic E-state index is 12.3. The molecule has 1 saturated carbocycles. The molecule has 19 heavy (non-hydrogen) atoms. The Labute approximate surface area is 119 Å². The molecule has 0 spiro atoms. The normalized spacial score (nSPS) is 19.4. The highest BCUT2D eigenvalue weighted by Gasteiger charge is 2.20. The molecule has 1 aromatic rings. The van der Waals surface area contributed by atoms with Crippen LogP contribution in [0.4, 0.5) is 0 Å². The van der Waals surface area contributed by atoms with Crippen molar-refractivity contribution >= 4 is 10.8 Å².